The van der Waals surface area contributed by atoms with E-state index in [1.807, 2.05) is 0 Å². The molecule has 0 saturated carbocycles. The van der Waals surface area contributed by atoms with Crippen LogP contribution in [0.4, 0.5) is 0 Å². The number of rotatable bonds is 3. The van der Waals surface area contributed by atoms with Crippen molar-refractivity contribution in [1.29, 1.82) is 0 Å². The van der Waals surface area contributed by atoms with Gasteiger partial charge in [-0.25, -0.2) is 0 Å². The first kappa shape index (κ1) is 32.6. The molecule has 3 N–H and O–H groups in total. The molecule has 3 aromatic heterocycles. The van der Waals surface area contributed by atoms with Crippen LogP contribution in [-0.2, 0) is 32.5 Å². The van der Waals surface area contributed by atoms with Gasteiger partial charge >= 0.3 is 0 Å². The average molecular weight is 569 g/mol. The molecule has 0 aliphatic heterocycles. The number of aromatic amines is 3. The number of hydrogen-bond acceptors (Lipinski definition) is 3. The average Bonchev–Trinajstić information content (AvgIpc) is 3.42. The highest BCUT2D eigenvalue weighted by atomic mass is 31.1. The zero-order valence-corrected chi connectivity index (χ0v) is 29.7. The monoisotopic (exact) mass is 568 g/mol. The molecule has 0 amide bonds. The van der Waals surface area contributed by atoms with Crippen molar-refractivity contribution in [2.45, 2.75) is 157 Å². The van der Waals surface area contributed by atoms with E-state index in [9.17, 15) is 0 Å². The molecular formula is C33H57N6P. The fraction of sp³-hybridized carbons (Fsp3) is 0.727. The summed E-state index contributed by atoms with van der Waals surface area (Å²) >= 11 is 0. The van der Waals surface area contributed by atoms with Crippen LogP contribution in [0.1, 0.15) is 159 Å². The van der Waals surface area contributed by atoms with E-state index in [1.165, 1.54) is 33.0 Å². The Morgan fingerprint density at radius 3 is 0.700 bits per heavy atom. The third kappa shape index (κ3) is 6.13. The van der Waals surface area contributed by atoms with Crippen LogP contribution >= 0.6 is 7.92 Å². The Morgan fingerprint density at radius 2 is 0.550 bits per heavy atom. The Bertz CT molecular complexity index is 1080. The van der Waals surface area contributed by atoms with E-state index < -0.39 is 7.92 Å². The van der Waals surface area contributed by atoms with Crippen molar-refractivity contribution in [2.75, 3.05) is 0 Å². The number of aromatic nitrogens is 6. The largest absolute Gasteiger partial charge is 0.281 e. The number of H-pyrrole nitrogens is 3. The van der Waals surface area contributed by atoms with Gasteiger partial charge in [-0.2, -0.15) is 15.3 Å². The lowest BCUT2D eigenvalue weighted by Gasteiger charge is -2.34. The standard InChI is InChI=1S/C33H57N6P/c1-28(2,3)22-19(23(35-34-22)29(4,5)6)40(20-24(30(7,8)9)36-37-25(20)31(10,11)12)21-26(32(13,14)15)38-39-27(21)33(16,17)18/h1-18H3,(H,34,35)(H,36,37)(H,38,39). The lowest BCUT2D eigenvalue weighted by atomic mass is 9.87. The predicted molar refractivity (Wildman–Crippen MR) is 174 cm³/mol. The van der Waals surface area contributed by atoms with Crippen molar-refractivity contribution < 1.29 is 0 Å². The van der Waals surface area contributed by atoms with E-state index in [4.69, 9.17) is 15.3 Å². The molecule has 0 aliphatic rings. The van der Waals surface area contributed by atoms with Crippen molar-refractivity contribution in [2.24, 2.45) is 0 Å². The molecule has 7 heteroatoms. The quantitative estimate of drug-likeness (QED) is 0.288. The van der Waals surface area contributed by atoms with Gasteiger partial charge in [-0.1, -0.05) is 125 Å². The van der Waals surface area contributed by atoms with E-state index in [-0.39, 0.29) is 32.5 Å². The first-order valence-electron chi connectivity index (χ1n) is 14.8. The summed E-state index contributed by atoms with van der Waals surface area (Å²) in [6, 6.07) is 0. The summed E-state index contributed by atoms with van der Waals surface area (Å²) in [4.78, 5) is 0. The van der Waals surface area contributed by atoms with Crippen LogP contribution in [0.5, 0.6) is 0 Å². The molecule has 3 rings (SSSR count). The molecule has 3 aromatic rings. The maximum absolute atomic E-state index is 5.09. The highest BCUT2D eigenvalue weighted by molar-refractivity contribution is 7.80. The minimum absolute atomic E-state index is 0.131. The van der Waals surface area contributed by atoms with Gasteiger partial charge in [-0.15, -0.1) is 0 Å². The Balaban J connectivity index is 2.76. The smallest absolute Gasteiger partial charge is 0.0761 e. The van der Waals surface area contributed by atoms with Crippen molar-refractivity contribution in [3.8, 4) is 0 Å². The normalized spacial score (nSPS) is 14.5. The summed E-state index contributed by atoms with van der Waals surface area (Å²) in [6.07, 6.45) is 0. The molecule has 0 fully saturated rings. The molecule has 0 saturated heterocycles. The highest BCUT2D eigenvalue weighted by Crippen LogP contribution is 2.48. The summed E-state index contributed by atoms with van der Waals surface area (Å²) in [5.74, 6) is 0. The van der Waals surface area contributed by atoms with E-state index in [0.717, 1.165) is 17.1 Å². The van der Waals surface area contributed by atoms with E-state index in [2.05, 4.69) is 140 Å². The second-order valence-electron chi connectivity index (χ2n) is 17.7. The van der Waals surface area contributed by atoms with Crippen molar-refractivity contribution >= 4 is 23.8 Å². The molecule has 0 aliphatic carbocycles. The second kappa shape index (κ2) is 9.82. The summed E-state index contributed by atoms with van der Waals surface area (Å²) < 4.78 is 0. The summed E-state index contributed by atoms with van der Waals surface area (Å²) in [5.41, 5.74) is 6.13. The highest BCUT2D eigenvalue weighted by Gasteiger charge is 2.45. The zero-order valence-electron chi connectivity index (χ0n) is 28.8. The number of nitrogens with one attached hydrogen (secondary N) is 3. The van der Waals surface area contributed by atoms with Crippen LogP contribution in [-0.4, -0.2) is 30.6 Å². The van der Waals surface area contributed by atoms with Crippen LogP contribution in [0.15, 0.2) is 0 Å². The van der Waals surface area contributed by atoms with Gasteiger partial charge in [0.15, 0.2) is 0 Å². The molecule has 0 radical (unpaired) electrons. The third-order valence-corrected chi connectivity index (χ3v) is 9.92. The van der Waals surface area contributed by atoms with Gasteiger partial charge < -0.3 is 0 Å². The van der Waals surface area contributed by atoms with Crippen molar-refractivity contribution in [3.05, 3.63) is 34.2 Å². The second-order valence-corrected chi connectivity index (χ2v) is 19.7. The van der Waals surface area contributed by atoms with Gasteiger partial charge in [0.1, 0.15) is 0 Å². The van der Waals surface area contributed by atoms with Crippen LogP contribution in [0.3, 0.4) is 0 Å². The molecule has 6 nitrogen and oxygen atoms in total. The lowest BCUT2D eigenvalue weighted by molar-refractivity contribution is 0.563. The van der Waals surface area contributed by atoms with E-state index in [1.54, 1.807) is 0 Å². The van der Waals surface area contributed by atoms with Crippen LogP contribution in [0.2, 0.25) is 0 Å². The Hall–Kier alpha value is -1.94. The molecule has 0 unspecified atom stereocenters. The fourth-order valence-electron chi connectivity index (χ4n) is 5.13. The molecule has 0 aromatic carbocycles. The van der Waals surface area contributed by atoms with Gasteiger partial charge in [-0.05, 0) is 7.92 Å². The van der Waals surface area contributed by atoms with Gasteiger partial charge in [-0.3, -0.25) is 15.3 Å². The van der Waals surface area contributed by atoms with Gasteiger partial charge in [0.2, 0.25) is 0 Å². The number of nitrogens with zero attached hydrogens (tertiary/aromatic N) is 3. The molecule has 0 bridgehead atoms. The van der Waals surface area contributed by atoms with Gasteiger partial charge in [0.25, 0.3) is 0 Å². The number of hydrogen-bond donors (Lipinski definition) is 3. The fourth-order valence-corrected chi connectivity index (χ4v) is 9.42. The van der Waals surface area contributed by atoms with E-state index >= 15 is 0 Å². The van der Waals surface area contributed by atoms with Crippen LogP contribution < -0.4 is 15.9 Å². The summed E-state index contributed by atoms with van der Waals surface area (Å²) in [5, 5.41) is 29.9. The third-order valence-electron chi connectivity index (χ3n) is 7.27. The Kier molecular flexibility index (Phi) is 7.99. The van der Waals surface area contributed by atoms with E-state index in [0.29, 0.717) is 0 Å². The van der Waals surface area contributed by atoms with Crippen LogP contribution in [0, 0.1) is 0 Å². The molecule has 224 valence electrons. The van der Waals surface area contributed by atoms with Crippen molar-refractivity contribution in [1.82, 2.24) is 30.6 Å². The Labute approximate surface area is 245 Å². The zero-order chi connectivity index (χ0) is 31.0. The molecular weight excluding hydrogens is 511 g/mol. The van der Waals surface area contributed by atoms with Gasteiger partial charge in [0.05, 0.1) is 17.1 Å². The molecule has 0 atom stereocenters. The molecule has 3 heterocycles. The first-order valence-corrected chi connectivity index (χ1v) is 16.1. The predicted octanol–water partition coefficient (Wildman–Crippen LogP) is 7.40. The summed E-state index contributed by atoms with van der Waals surface area (Å²) in [7, 11) is -1.13. The topological polar surface area (TPSA) is 86.0 Å². The van der Waals surface area contributed by atoms with Gasteiger partial charge in [0, 0.05) is 65.5 Å². The maximum Gasteiger partial charge on any atom is 0.0761 e. The minimum Gasteiger partial charge on any atom is -0.281 e. The Morgan fingerprint density at radius 1 is 0.350 bits per heavy atom. The van der Waals surface area contributed by atoms with Crippen LogP contribution in [0.25, 0.3) is 0 Å². The van der Waals surface area contributed by atoms with Crippen molar-refractivity contribution in [3.63, 3.8) is 0 Å². The molecule has 0 spiro atoms. The first-order chi connectivity index (χ1) is 17.7. The minimum atomic E-state index is -1.13. The SMILES string of the molecule is CC(C)(C)c1n[nH]c(C(C)(C)C)c1P(c1c(C(C)(C)C)n[nH]c1C(C)(C)C)c1c(C(C)(C)C)n[nH]c1C(C)(C)C. The maximum atomic E-state index is 5.09. The summed E-state index contributed by atoms with van der Waals surface area (Å²) in [6.45, 7) is 41.1. The molecule has 40 heavy (non-hydrogen) atoms. The lowest BCUT2D eigenvalue weighted by Crippen LogP contribution is -2.40.